The van der Waals surface area contributed by atoms with E-state index in [4.69, 9.17) is 4.74 Å². The SMILES string of the molecule is O=C(NC1(c2cccc(F)c2)CCOCC1)c1cc(C2CC2)[nH]c(=O)c1. The average Bonchev–Trinajstić information content (AvgIpc) is 3.47. The first-order valence-electron chi connectivity index (χ1n) is 8.96. The van der Waals surface area contributed by atoms with Gasteiger partial charge in [-0.2, -0.15) is 0 Å². The number of aromatic amines is 1. The standard InChI is InChI=1S/C20H21FN2O3/c21-16-3-1-2-15(12-16)20(6-8-26-9-7-20)23-19(25)14-10-17(13-4-5-13)22-18(24)11-14/h1-3,10-13H,4-9H2,(H,22,24)(H,23,25). The highest BCUT2D eigenvalue weighted by molar-refractivity contribution is 5.94. The van der Waals surface area contributed by atoms with Gasteiger partial charge in [-0.25, -0.2) is 4.39 Å². The van der Waals surface area contributed by atoms with Crippen molar-refractivity contribution in [1.29, 1.82) is 0 Å². The third kappa shape index (κ3) is 3.42. The lowest BCUT2D eigenvalue weighted by Gasteiger charge is -2.38. The Morgan fingerprint density at radius 1 is 1.19 bits per heavy atom. The Morgan fingerprint density at radius 2 is 1.96 bits per heavy atom. The molecule has 5 nitrogen and oxygen atoms in total. The Bertz CT molecular complexity index is 883. The fourth-order valence-electron chi connectivity index (χ4n) is 3.59. The number of ether oxygens (including phenoxy) is 1. The number of carbonyl (C=O) groups is 1. The zero-order valence-corrected chi connectivity index (χ0v) is 14.4. The van der Waals surface area contributed by atoms with E-state index in [0.29, 0.717) is 37.5 Å². The van der Waals surface area contributed by atoms with Gasteiger partial charge in [0.1, 0.15) is 5.82 Å². The molecule has 1 amide bonds. The van der Waals surface area contributed by atoms with E-state index in [9.17, 15) is 14.0 Å². The second kappa shape index (κ2) is 6.68. The summed E-state index contributed by atoms with van der Waals surface area (Å²) in [5, 5.41) is 3.07. The predicted octanol–water partition coefficient (Wildman–Crippen LogP) is 2.83. The topological polar surface area (TPSA) is 71.2 Å². The fraction of sp³-hybridized carbons (Fsp3) is 0.400. The van der Waals surface area contributed by atoms with Gasteiger partial charge in [-0.05, 0) is 55.4 Å². The molecule has 1 saturated heterocycles. The Morgan fingerprint density at radius 3 is 2.65 bits per heavy atom. The lowest BCUT2D eigenvalue weighted by molar-refractivity contribution is 0.0344. The highest BCUT2D eigenvalue weighted by atomic mass is 19.1. The van der Waals surface area contributed by atoms with Crippen molar-refractivity contribution in [3.8, 4) is 0 Å². The molecule has 1 aromatic carbocycles. The van der Waals surface area contributed by atoms with E-state index in [1.807, 2.05) is 6.07 Å². The number of hydrogen-bond donors (Lipinski definition) is 2. The summed E-state index contributed by atoms with van der Waals surface area (Å²) in [6.07, 6.45) is 3.18. The number of H-pyrrole nitrogens is 1. The number of nitrogens with one attached hydrogen (secondary N) is 2. The van der Waals surface area contributed by atoms with E-state index < -0.39 is 5.54 Å². The summed E-state index contributed by atoms with van der Waals surface area (Å²) in [6, 6.07) is 9.39. The van der Waals surface area contributed by atoms with Crippen molar-refractivity contribution in [1.82, 2.24) is 10.3 Å². The van der Waals surface area contributed by atoms with Gasteiger partial charge in [0.25, 0.3) is 5.91 Å². The molecule has 0 atom stereocenters. The van der Waals surface area contributed by atoms with Crippen LogP contribution in [0.3, 0.4) is 0 Å². The fourth-order valence-corrected chi connectivity index (χ4v) is 3.59. The van der Waals surface area contributed by atoms with Crippen LogP contribution in [0.25, 0.3) is 0 Å². The number of aromatic nitrogens is 1. The van der Waals surface area contributed by atoms with Crippen LogP contribution in [0.4, 0.5) is 4.39 Å². The maximum Gasteiger partial charge on any atom is 0.252 e. The normalized spacial score (nSPS) is 19.1. The van der Waals surface area contributed by atoms with Gasteiger partial charge in [0.15, 0.2) is 0 Å². The second-order valence-electron chi connectivity index (χ2n) is 7.12. The van der Waals surface area contributed by atoms with Crippen LogP contribution < -0.4 is 10.9 Å². The molecule has 136 valence electrons. The van der Waals surface area contributed by atoms with E-state index in [2.05, 4.69) is 10.3 Å². The molecule has 2 aromatic rings. The summed E-state index contributed by atoms with van der Waals surface area (Å²) >= 11 is 0. The molecule has 2 N–H and O–H groups in total. The van der Waals surface area contributed by atoms with Crippen molar-refractivity contribution in [3.05, 3.63) is 69.4 Å². The molecule has 1 aliphatic heterocycles. The number of hydrogen-bond acceptors (Lipinski definition) is 3. The lowest BCUT2D eigenvalue weighted by atomic mass is 9.82. The predicted molar refractivity (Wildman–Crippen MR) is 94.6 cm³/mol. The molecule has 2 fully saturated rings. The first-order valence-corrected chi connectivity index (χ1v) is 8.96. The van der Waals surface area contributed by atoms with Crippen molar-refractivity contribution >= 4 is 5.91 Å². The van der Waals surface area contributed by atoms with Gasteiger partial charge in [-0.15, -0.1) is 0 Å². The quantitative estimate of drug-likeness (QED) is 0.885. The number of amides is 1. The Balaban J connectivity index is 1.66. The monoisotopic (exact) mass is 356 g/mol. The van der Waals surface area contributed by atoms with Crippen LogP contribution >= 0.6 is 0 Å². The van der Waals surface area contributed by atoms with Gasteiger partial charge in [0.2, 0.25) is 5.56 Å². The van der Waals surface area contributed by atoms with E-state index in [0.717, 1.165) is 24.1 Å². The largest absolute Gasteiger partial charge is 0.381 e. The maximum absolute atomic E-state index is 13.8. The molecule has 1 saturated carbocycles. The molecule has 26 heavy (non-hydrogen) atoms. The zero-order valence-electron chi connectivity index (χ0n) is 14.4. The minimum atomic E-state index is -0.695. The molecule has 0 unspecified atom stereocenters. The number of benzene rings is 1. The van der Waals surface area contributed by atoms with Crippen LogP contribution in [0.1, 0.15) is 53.2 Å². The van der Waals surface area contributed by atoms with Crippen molar-refractivity contribution < 1.29 is 13.9 Å². The van der Waals surface area contributed by atoms with Gasteiger partial charge in [0, 0.05) is 30.5 Å². The molecule has 1 aliphatic carbocycles. The Labute approximate surface area is 150 Å². The summed E-state index contributed by atoms with van der Waals surface area (Å²) < 4.78 is 19.2. The molecule has 2 heterocycles. The summed E-state index contributed by atoms with van der Waals surface area (Å²) in [5.41, 5.74) is 0.917. The maximum atomic E-state index is 13.8. The van der Waals surface area contributed by atoms with Crippen LogP contribution in [-0.2, 0) is 10.3 Å². The van der Waals surface area contributed by atoms with Crippen molar-refractivity contribution in [2.45, 2.75) is 37.1 Å². The first kappa shape index (κ1) is 17.0. The minimum absolute atomic E-state index is 0.272. The van der Waals surface area contributed by atoms with Gasteiger partial charge in [0.05, 0.1) is 5.54 Å². The number of carbonyl (C=O) groups excluding carboxylic acids is 1. The molecular formula is C20H21FN2O3. The van der Waals surface area contributed by atoms with Gasteiger partial charge in [-0.3, -0.25) is 9.59 Å². The first-order chi connectivity index (χ1) is 12.6. The van der Waals surface area contributed by atoms with Crippen molar-refractivity contribution in [2.24, 2.45) is 0 Å². The summed E-state index contributed by atoms with van der Waals surface area (Å²) in [5.74, 6) is -0.310. The van der Waals surface area contributed by atoms with Crippen molar-refractivity contribution in [3.63, 3.8) is 0 Å². The van der Waals surface area contributed by atoms with Crippen LogP contribution in [0, 0.1) is 5.82 Å². The summed E-state index contributed by atoms with van der Waals surface area (Å²) in [6.45, 7) is 0.971. The van der Waals surface area contributed by atoms with Crippen LogP contribution in [0.15, 0.2) is 41.2 Å². The number of pyridine rings is 1. The van der Waals surface area contributed by atoms with Gasteiger partial charge in [-0.1, -0.05) is 12.1 Å². The van der Waals surface area contributed by atoms with E-state index in [-0.39, 0.29) is 17.3 Å². The smallest absolute Gasteiger partial charge is 0.252 e. The lowest BCUT2D eigenvalue weighted by Crippen LogP contribution is -2.49. The molecule has 4 rings (SSSR count). The highest BCUT2D eigenvalue weighted by Gasteiger charge is 2.37. The molecule has 6 heteroatoms. The summed E-state index contributed by atoms with van der Waals surface area (Å²) in [4.78, 5) is 27.7. The molecule has 0 spiro atoms. The van der Waals surface area contributed by atoms with Gasteiger partial charge >= 0.3 is 0 Å². The van der Waals surface area contributed by atoms with E-state index >= 15 is 0 Å². The molecule has 0 bridgehead atoms. The van der Waals surface area contributed by atoms with Crippen LogP contribution in [0.2, 0.25) is 0 Å². The highest BCUT2D eigenvalue weighted by Crippen LogP contribution is 2.39. The van der Waals surface area contributed by atoms with E-state index in [1.54, 1.807) is 12.1 Å². The third-order valence-electron chi connectivity index (χ3n) is 5.22. The van der Waals surface area contributed by atoms with E-state index in [1.165, 1.54) is 18.2 Å². The Hall–Kier alpha value is -2.47. The van der Waals surface area contributed by atoms with Crippen LogP contribution in [0.5, 0.6) is 0 Å². The Kier molecular flexibility index (Phi) is 4.36. The second-order valence-corrected chi connectivity index (χ2v) is 7.12. The third-order valence-corrected chi connectivity index (χ3v) is 5.22. The number of halogens is 1. The van der Waals surface area contributed by atoms with Crippen molar-refractivity contribution in [2.75, 3.05) is 13.2 Å². The van der Waals surface area contributed by atoms with Gasteiger partial charge < -0.3 is 15.0 Å². The molecular weight excluding hydrogens is 335 g/mol. The molecule has 0 radical (unpaired) electrons. The average molecular weight is 356 g/mol. The summed E-state index contributed by atoms with van der Waals surface area (Å²) in [7, 11) is 0. The molecule has 2 aliphatic rings. The van der Waals surface area contributed by atoms with Crippen LogP contribution in [-0.4, -0.2) is 24.1 Å². The molecule has 1 aromatic heterocycles. The number of rotatable bonds is 4. The zero-order chi connectivity index (χ0) is 18.1. The minimum Gasteiger partial charge on any atom is -0.381 e.